The van der Waals surface area contributed by atoms with Crippen LogP contribution in [0.1, 0.15) is 24.8 Å². The predicted octanol–water partition coefficient (Wildman–Crippen LogP) is 4.79. The summed E-state index contributed by atoms with van der Waals surface area (Å²) in [6, 6.07) is 4.41. The van der Waals surface area contributed by atoms with Crippen molar-refractivity contribution < 1.29 is 36.2 Å². The van der Waals surface area contributed by atoms with Crippen molar-refractivity contribution in [3.63, 3.8) is 0 Å². The highest BCUT2D eigenvalue weighted by Gasteiger charge is 2.40. The van der Waals surface area contributed by atoms with Crippen molar-refractivity contribution >= 4 is 16.8 Å². The lowest BCUT2D eigenvalue weighted by atomic mass is 9.92. The molecule has 2 aromatic carbocycles. The zero-order valence-electron chi connectivity index (χ0n) is 16.2. The number of carbonyl (C=O) groups excluding carboxylic acids is 1. The Balaban J connectivity index is 2.02. The number of alkyl halides is 3. The highest BCUT2D eigenvalue weighted by Crippen LogP contribution is 2.38. The van der Waals surface area contributed by atoms with Gasteiger partial charge in [-0.2, -0.15) is 13.2 Å². The van der Waals surface area contributed by atoms with Crippen molar-refractivity contribution in [2.24, 2.45) is 0 Å². The van der Waals surface area contributed by atoms with Crippen LogP contribution in [0.15, 0.2) is 36.4 Å². The summed E-state index contributed by atoms with van der Waals surface area (Å²) in [5, 5.41) is 10.7. The molecule has 10 heteroatoms. The van der Waals surface area contributed by atoms with Gasteiger partial charge in [0.15, 0.2) is 0 Å². The van der Waals surface area contributed by atoms with E-state index in [0.29, 0.717) is 17.2 Å². The predicted molar refractivity (Wildman–Crippen MR) is 102 cm³/mol. The number of nitrogens with one attached hydrogen (secondary N) is 2. The molecule has 1 unspecified atom stereocenters. The van der Waals surface area contributed by atoms with Crippen LogP contribution in [-0.4, -0.2) is 34.8 Å². The highest BCUT2D eigenvalue weighted by molar-refractivity contribution is 5.92. The Morgan fingerprint density at radius 2 is 1.74 bits per heavy atom. The maximum atomic E-state index is 14.3. The Morgan fingerprint density at radius 1 is 1.10 bits per heavy atom. The molecule has 2 atom stereocenters. The standard InChI is InChI=1S/C21H18F6N2O2/c1-10(6-17(31)28-16(9-30)21(25,26)27)18-14-7-13(23)8-15(24)20(14)29-19(18)11-2-4-12(22)5-3-11/h2-5,7-8,10,16,29-30H,6,9H2,1H3,(H,28,31)/t10?,16-/m0/s1. The molecule has 3 aromatic rings. The first-order valence-electron chi connectivity index (χ1n) is 9.24. The Hall–Kier alpha value is -3.01. The Morgan fingerprint density at radius 3 is 2.32 bits per heavy atom. The smallest absolute Gasteiger partial charge is 0.394 e. The zero-order valence-corrected chi connectivity index (χ0v) is 16.2. The molecule has 0 fully saturated rings. The minimum atomic E-state index is -4.83. The van der Waals surface area contributed by atoms with Crippen molar-refractivity contribution in [1.82, 2.24) is 10.3 Å². The number of aromatic amines is 1. The molecule has 0 bridgehead atoms. The van der Waals surface area contributed by atoms with Gasteiger partial charge in [0.05, 0.1) is 17.8 Å². The van der Waals surface area contributed by atoms with Gasteiger partial charge in [-0.25, -0.2) is 13.2 Å². The molecule has 0 aliphatic heterocycles. The Labute approximate surface area is 172 Å². The van der Waals surface area contributed by atoms with Gasteiger partial charge < -0.3 is 15.4 Å². The number of aliphatic hydroxyl groups is 1. The first-order chi connectivity index (χ1) is 14.5. The van der Waals surface area contributed by atoms with Crippen LogP contribution in [0.3, 0.4) is 0 Å². The maximum absolute atomic E-state index is 14.3. The van der Waals surface area contributed by atoms with Crippen LogP contribution in [0, 0.1) is 17.5 Å². The lowest BCUT2D eigenvalue weighted by molar-refractivity contribution is -0.168. The SMILES string of the molecule is CC(CC(=O)N[C@@H](CO)C(F)(F)F)c1c(-c2ccc(F)cc2)[nH]c2c(F)cc(F)cc12. The number of benzene rings is 2. The number of fused-ring (bicyclic) bond motifs is 1. The number of halogens is 6. The van der Waals surface area contributed by atoms with Gasteiger partial charge >= 0.3 is 6.18 Å². The normalized spacial score (nSPS) is 13.9. The summed E-state index contributed by atoms with van der Waals surface area (Å²) < 4.78 is 80.0. The van der Waals surface area contributed by atoms with E-state index in [9.17, 15) is 31.1 Å². The van der Waals surface area contributed by atoms with Crippen molar-refractivity contribution in [3.8, 4) is 11.3 Å². The lowest BCUT2D eigenvalue weighted by Gasteiger charge is -2.21. The fourth-order valence-electron chi connectivity index (χ4n) is 3.46. The molecule has 0 saturated carbocycles. The van der Waals surface area contributed by atoms with Crippen LogP contribution in [0.25, 0.3) is 22.2 Å². The van der Waals surface area contributed by atoms with Crippen LogP contribution in [0.4, 0.5) is 26.3 Å². The fourth-order valence-corrected chi connectivity index (χ4v) is 3.46. The molecular formula is C21H18F6N2O2. The molecular weight excluding hydrogens is 426 g/mol. The van der Waals surface area contributed by atoms with E-state index in [1.54, 1.807) is 5.32 Å². The number of amides is 1. The number of H-pyrrole nitrogens is 1. The molecule has 0 saturated heterocycles. The van der Waals surface area contributed by atoms with Crippen molar-refractivity contribution in [2.75, 3.05) is 6.61 Å². The van der Waals surface area contributed by atoms with Gasteiger partial charge in [0.25, 0.3) is 0 Å². The average molecular weight is 444 g/mol. The number of aromatic nitrogens is 1. The van der Waals surface area contributed by atoms with E-state index in [2.05, 4.69) is 4.98 Å². The van der Waals surface area contributed by atoms with Crippen molar-refractivity contribution in [2.45, 2.75) is 31.5 Å². The number of carbonyl (C=O) groups is 1. The molecule has 3 N–H and O–H groups in total. The Bertz CT molecular complexity index is 1090. The van der Waals surface area contributed by atoms with E-state index < -0.39 is 54.5 Å². The van der Waals surface area contributed by atoms with Gasteiger partial charge in [-0.15, -0.1) is 0 Å². The van der Waals surface area contributed by atoms with E-state index in [4.69, 9.17) is 5.11 Å². The minimum absolute atomic E-state index is 0.0495. The summed E-state index contributed by atoms with van der Waals surface area (Å²) in [5.41, 5.74) is 0.951. The lowest BCUT2D eigenvalue weighted by Crippen LogP contribution is -2.48. The summed E-state index contributed by atoms with van der Waals surface area (Å²) >= 11 is 0. The van der Waals surface area contributed by atoms with Crippen LogP contribution in [0.5, 0.6) is 0 Å². The van der Waals surface area contributed by atoms with Gasteiger partial charge in [0.1, 0.15) is 23.5 Å². The Kier molecular flexibility index (Phi) is 6.30. The largest absolute Gasteiger partial charge is 0.410 e. The average Bonchev–Trinajstić information content (AvgIpc) is 3.05. The minimum Gasteiger partial charge on any atom is -0.394 e. The van der Waals surface area contributed by atoms with E-state index in [0.717, 1.165) is 18.2 Å². The van der Waals surface area contributed by atoms with Crippen molar-refractivity contribution in [3.05, 3.63) is 59.4 Å². The molecule has 31 heavy (non-hydrogen) atoms. The van der Waals surface area contributed by atoms with E-state index in [1.807, 2.05) is 0 Å². The highest BCUT2D eigenvalue weighted by atomic mass is 19.4. The molecule has 166 valence electrons. The molecule has 0 radical (unpaired) electrons. The number of hydrogen-bond acceptors (Lipinski definition) is 2. The molecule has 1 aromatic heterocycles. The summed E-state index contributed by atoms with van der Waals surface area (Å²) in [6.07, 6.45) is -5.29. The molecule has 3 rings (SSSR count). The fraction of sp³-hybridized carbons (Fsp3) is 0.286. The van der Waals surface area contributed by atoms with Gasteiger partial charge in [-0.05, 0) is 47.4 Å². The zero-order chi connectivity index (χ0) is 22.9. The summed E-state index contributed by atoms with van der Waals surface area (Å²) in [5.74, 6) is -4.06. The number of hydrogen-bond donors (Lipinski definition) is 3. The molecule has 1 heterocycles. The molecule has 0 spiro atoms. The van der Waals surface area contributed by atoms with Gasteiger partial charge in [-0.3, -0.25) is 4.79 Å². The quantitative estimate of drug-likeness (QED) is 0.479. The van der Waals surface area contributed by atoms with Gasteiger partial charge in [0, 0.05) is 17.9 Å². The third kappa shape index (κ3) is 4.84. The molecule has 4 nitrogen and oxygen atoms in total. The third-order valence-corrected chi connectivity index (χ3v) is 4.89. The second-order valence-electron chi connectivity index (χ2n) is 7.18. The van der Waals surface area contributed by atoms with Crippen LogP contribution in [-0.2, 0) is 4.79 Å². The maximum Gasteiger partial charge on any atom is 0.410 e. The van der Waals surface area contributed by atoms with Crippen LogP contribution < -0.4 is 5.32 Å². The topological polar surface area (TPSA) is 65.1 Å². The summed E-state index contributed by atoms with van der Waals surface area (Å²) in [4.78, 5) is 15.0. The second kappa shape index (κ2) is 8.62. The monoisotopic (exact) mass is 444 g/mol. The second-order valence-corrected chi connectivity index (χ2v) is 7.18. The first kappa shape index (κ1) is 22.7. The van der Waals surface area contributed by atoms with Crippen LogP contribution in [0.2, 0.25) is 0 Å². The van der Waals surface area contributed by atoms with E-state index >= 15 is 0 Å². The first-order valence-corrected chi connectivity index (χ1v) is 9.24. The van der Waals surface area contributed by atoms with Crippen LogP contribution >= 0.6 is 0 Å². The molecule has 0 aliphatic carbocycles. The van der Waals surface area contributed by atoms with Gasteiger partial charge in [0.2, 0.25) is 5.91 Å². The number of rotatable bonds is 6. The molecule has 0 aliphatic rings. The van der Waals surface area contributed by atoms with Crippen molar-refractivity contribution in [1.29, 1.82) is 0 Å². The number of aliphatic hydroxyl groups excluding tert-OH is 1. The van der Waals surface area contributed by atoms with E-state index in [-0.39, 0.29) is 16.6 Å². The van der Waals surface area contributed by atoms with Gasteiger partial charge in [-0.1, -0.05) is 6.92 Å². The summed E-state index contributed by atoms with van der Waals surface area (Å²) in [7, 11) is 0. The third-order valence-electron chi connectivity index (χ3n) is 4.89. The molecule has 1 amide bonds. The summed E-state index contributed by atoms with van der Waals surface area (Å²) in [6.45, 7) is 0.188. The van der Waals surface area contributed by atoms with E-state index in [1.165, 1.54) is 19.1 Å².